The molecule has 130 valence electrons. The Morgan fingerprint density at radius 1 is 1.20 bits per heavy atom. The molecule has 0 bridgehead atoms. The van der Waals surface area contributed by atoms with Crippen LogP contribution >= 0.6 is 11.5 Å². The van der Waals surface area contributed by atoms with Crippen LogP contribution in [0.1, 0.15) is 18.9 Å². The van der Waals surface area contributed by atoms with E-state index in [0.717, 1.165) is 21.7 Å². The van der Waals surface area contributed by atoms with E-state index in [2.05, 4.69) is 9.69 Å². The van der Waals surface area contributed by atoms with Gasteiger partial charge < -0.3 is 5.32 Å². The Labute approximate surface area is 147 Å². The van der Waals surface area contributed by atoms with E-state index >= 15 is 0 Å². The van der Waals surface area contributed by atoms with Crippen LogP contribution in [0.5, 0.6) is 0 Å². The van der Waals surface area contributed by atoms with E-state index in [-0.39, 0.29) is 18.0 Å². The van der Waals surface area contributed by atoms with Crippen molar-refractivity contribution in [3.63, 3.8) is 0 Å². The first kappa shape index (κ1) is 17.1. The van der Waals surface area contributed by atoms with Crippen LogP contribution in [0.4, 0.5) is 0 Å². The van der Waals surface area contributed by atoms with E-state index in [1.54, 1.807) is 5.38 Å². The number of carbonyl (C=O) groups excluding carboxylic acids is 1. The predicted molar refractivity (Wildman–Crippen MR) is 96.7 cm³/mol. The monoisotopic (exact) mass is 358 g/mol. The normalized spacial score (nSPS) is 10.9. The highest BCUT2D eigenvalue weighted by atomic mass is 32.1. The molecule has 0 unspecified atom stereocenters. The summed E-state index contributed by atoms with van der Waals surface area (Å²) >= 11 is 1.10. The number of benzene rings is 1. The van der Waals surface area contributed by atoms with Gasteiger partial charge >= 0.3 is 5.69 Å². The van der Waals surface area contributed by atoms with E-state index in [4.69, 9.17) is 0 Å². The Morgan fingerprint density at radius 3 is 2.68 bits per heavy atom. The number of hydrogen-bond acceptors (Lipinski definition) is 5. The highest BCUT2D eigenvalue weighted by molar-refractivity contribution is 7.04. The maximum atomic E-state index is 12.6. The lowest BCUT2D eigenvalue weighted by atomic mass is 10.2. The van der Waals surface area contributed by atoms with E-state index in [1.807, 2.05) is 37.3 Å². The van der Waals surface area contributed by atoms with Crippen molar-refractivity contribution in [3.8, 4) is 0 Å². The number of rotatable bonds is 6. The maximum absolute atomic E-state index is 12.6. The van der Waals surface area contributed by atoms with Gasteiger partial charge in [0.2, 0.25) is 5.91 Å². The zero-order valence-electron chi connectivity index (χ0n) is 13.8. The molecule has 2 aromatic heterocycles. The molecule has 25 heavy (non-hydrogen) atoms. The molecule has 1 N–H and O–H groups in total. The largest absolute Gasteiger partial charge is 0.350 e. The van der Waals surface area contributed by atoms with Crippen LogP contribution in [0.25, 0.3) is 11.0 Å². The van der Waals surface area contributed by atoms with Gasteiger partial charge in [0.15, 0.2) is 5.52 Å². The van der Waals surface area contributed by atoms with Gasteiger partial charge in [0.1, 0.15) is 6.54 Å². The number of amides is 1. The second kappa shape index (κ2) is 7.43. The fourth-order valence-corrected chi connectivity index (χ4v) is 3.27. The van der Waals surface area contributed by atoms with Crippen molar-refractivity contribution in [1.29, 1.82) is 0 Å². The fourth-order valence-electron chi connectivity index (χ4n) is 2.60. The number of nitrogens with zero attached hydrogens (tertiary/aromatic N) is 3. The summed E-state index contributed by atoms with van der Waals surface area (Å²) in [5.74, 6) is -0.292. The Hall–Kier alpha value is -2.74. The first-order valence-corrected chi connectivity index (χ1v) is 8.83. The SMILES string of the molecule is CCCn1c(=O)c2nscc2n(CC(=O)NCc2ccccc2)c1=O. The molecule has 0 saturated carbocycles. The second-order valence-electron chi connectivity index (χ2n) is 5.64. The first-order valence-electron chi connectivity index (χ1n) is 8.00. The molecule has 3 rings (SSSR count). The average Bonchev–Trinajstić information content (AvgIpc) is 3.11. The van der Waals surface area contributed by atoms with Crippen LogP contribution in [0.15, 0.2) is 45.3 Å². The van der Waals surface area contributed by atoms with Gasteiger partial charge in [0, 0.05) is 18.5 Å². The lowest BCUT2D eigenvalue weighted by molar-refractivity contribution is -0.121. The van der Waals surface area contributed by atoms with Gasteiger partial charge in [0.05, 0.1) is 5.52 Å². The molecular weight excluding hydrogens is 340 g/mol. The molecule has 0 aliphatic heterocycles. The molecule has 0 fully saturated rings. The van der Waals surface area contributed by atoms with Crippen molar-refractivity contribution in [3.05, 3.63) is 62.1 Å². The predicted octanol–water partition coefficient (Wildman–Crippen LogP) is 1.35. The number of carbonyl (C=O) groups is 1. The van der Waals surface area contributed by atoms with Gasteiger partial charge in [-0.25, -0.2) is 4.79 Å². The summed E-state index contributed by atoms with van der Waals surface area (Å²) in [7, 11) is 0. The van der Waals surface area contributed by atoms with Gasteiger partial charge in [-0.2, -0.15) is 4.37 Å². The van der Waals surface area contributed by atoms with E-state index < -0.39 is 11.2 Å². The van der Waals surface area contributed by atoms with Gasteiger partial charge in [-0.1, -0.05) is 37.3 Å². The van der Waals surface area contributed by atoms with Crippen molar-refractivity contribution in [2.24, 2.45) is 0 Å². The van der Waals surface area contributed by atoms with Crippen LogP contribution in [-0.2, 0) is 24.4 Å². The summed E-state index contributed by atoms with van der Waals surface area (Å²) in [6, 6.07) is 9.52. The van der Waals surface area contributed by atoms with Crippen molar-refractivity contribution in [2.75, 3.05) is 0 Å². The average molecular weight is 358 g/mol. The van der Waals surface area contributed by atoms with Crippen LogP contribution in [0.2, 0.25) is 0 Å². The second-order valence-corrected chi connectivity index (χ2v) is 6.27. The fraction of sp³-hybridized carbons (Fsp3) is 0.294. The molecule has 1 amide bonds. The van der Waals surface area contributed by atoms with Crippen molar-refractivity contribution < 1.29 is 4.79 Å². The molecule has 2 heterocycles. The van der Waals surface area contributed by atoms with Crippen LogP contribution in [-0.4, -0.2) is 19.4 Å². The Morgan fingerprint density at radius 2 is 1.96 bits per heavy atom. The van der Waals surface area contributed by atoms with Crippen LogP contribution in [0.3, 0.4) is 0 Å². The summed E-state index contributed by atoms with van der Waals surface area (Å²) in [5.41, 5.74) is 0.732. The Bertz CT molecular complexity index is 1000. The summed E-state index contributed by atoms with van der Waals surface area (Å²) in [6.07, 6.45) is 0.644. The van der Waals surface area contributed by atoms with Crippen LogP contribution in [0, 0.1) is 0 Å². The summed E-state index contributed by atoms with van der Waals surface area (Å²) in [4.78, 5) is 37.2. The van der Waals surface area contributed by atoms with Gasteiger partial charge in [-0.3, -0.25) is 18.7 Å². The van der Waals surface area contributed by atoms with E-state index in [0.29, 0.717) is 25.0 Å². The molecular formula is C17H18N4O3S. The number of fused-ring (bicyclic) bond motifs is 1. The highest BCUT2D eigenvalue weighted by Gasteiger charge is 2.16. The number of hydrogen-bond donors (Lipinski definition) is 1. The van der Waals surface area contributed by atoms with Crippen molar-refractivity contribution in [1.82, 2.24) is 18.8 Å². The van der Waals surface area contributed by atoms with E-state index in [1.165, 1.54) is 4.57 Å². The zero-order valence-corrected chi connectivity index (χ0v) is 14.6. The summed E-state index contributed by atoms with van der Waals surface area (Å²) in [5, 5.41) is 4.42. The third kappa shape index (κ3) is 3.53. The molecule has 1 aromatic carbocycles. The molecule has 0 radical (unpaired) electrons. The molecule has 0 aliphatic rings. The summed E-state index contributed by atoms with van der Waals surface area (Å²) < 4.78 is 6.54. The standard InChI is InChI=1S/C17H18N4O3S/c1-2-8-20-16(23)15-13(11-25-19-15)21(17(20)24)10-14(22)18-9-12-6-4-3-5-7-12/h3-7,11H,2,8-10H2,1H3,(H,18,22). The molecule has 0 aliphatic carbocycles. The van der Waals surface area contributed by atoms with Crippen LogP contribution < -0.4 is 16.6 Å². The quantitative estimate of drug-likeness (QED) is 0.721. The zero-order chi connectivity index (χ0) is 17.8. The summed E-state index contributed by atoms with van der Waals surface area (Å²) in [6.45, 7) is 2.42. The lowest BCUT2D eigenvalue weighted by Crippen LogP contribution is -2.42. The minimum absolute atomic E-state index is 0.148. The smallest absolute Gasteiger partial charge is 0.332 e. The Balaban J connectivity index is 1.88. The van der Waals surface area contributed by atoms with Gasteiger partial charge in [0.25, 0.3) is 5.56 Å². The minimum Gasteiger partial charge on any atom is -0.350 e. The number of aromatic nitrogens is 3. The molecule has 7 nitrogen and oxygen atoms in total. The molecule has 8 heteroatoms. The van der Waals surface area contributed by atoms with Gasteiger partial charge in [-0.05, 0) is 23.5 Å². The topological polar surface area (TPSA) is 86.0 Å². The lowest BCUT2D eigenvalue weighted by Gasteiger charge is -2.11. The van der Waals surface area contributed by atoms with Crippen molar-refractivity contribution in [2.45, 2.75) is 33.0 Å². The Kier molecular flexibility index (Phi) is 5.08. The number of nitrogens with one attached hydrogen (secondary N) is 1. The third-order valence-corrected chi connectivity index (χ3v) is 4.45. The first-order chi connectivity index (χ1) is 12.1. The van der Waals surface area contributed by atoms with Crippen molar-refractivity contribution >= 4 is 28.5 Å². The van der Waals surface area contributed by atoms with E-state index in [9.17, 15) is 14.4 Å². The third-order valence-electron chi connectivity index (χ3n) is 3.83. The van der Waals surface area contributed by atoms with Gasteiger partial charge in [-0.15, -0.1) is 0 Å². The highest BCUT2D eigenvalue weighted by Crippen LogP contribution is 2.09. The molecule has 3 aromatic rings. The molecule has 0 spiro atoms. The molecule has 0 saturated heterocycles. The molecule has 0 atom stereocenters. The minimum atomic E-state index is -0.477. The maximum Gasteiger partial charge on any atom is 0.332 e.